The Bertz CT molecular complexity index is 737. The summed E-state index contributed by atoms with van der Waals surface area (Å²) < 4.78 is 2.23. The van der Waals surface area contributed by atoms with Crippen molar-refractivity contribution in [3.8, 4) is 0 Å². The SMILES string of the molecule is CN=C(NCc1cccc(CN(C)C)c1)N1CCC(C)C(n2ccnc2)C1. The van der Waals surface area contributed by atoms with Gasteiger partial charge in [0.05, 0.1) is 12.4 Å². The summed E-state index contributed by atoms with van der Waals surface area (Å²) in [5, 5.41) is 3.55. The highest BCUT2D eigenvalue weighted by molar-refractivity contribution is 5.80. The van der Waals surface area contributed by atoms with E-state index in [0.29, 0.717) is 12.0 Å². The van der Waals surface area contributed by atoms with Crippen LogP contribution in [0, 0.1) is 5.92 Å². The molecule has 1 aromatic carbocycles. The van der Waals surface area contributed by atoms with E-state index in [1.54, 1.807) is 0 Å². The van der Waals surface area contributed by atoms with Crippen LogP contribution in [-0.4, -0.2) is 59.5 Å². The van der Waals surface area contributed by atoms with Crippen LogP contribution in [0.4, 0.5) is 0 Å². The van der Waals surface area contributed by atoms with Gasteiger partial charge in [0, 0.05) is 45.6 Å². The molecule has 0 aliphatic carbocycles. The fourth-order valence-corrected chi connectivity index (χ4v) is 3.81. The Morgan fingerprint density at radius 1 is 1.33 bits per heavy atom. The van der Waals surface area contributed by atoms with Gasteiger partial charge in [0.25, 0.3) is 0 Å². The number of guanidine groups is 1. The van der Waals surface area contributed by atoms with E-state index in [1.807, 2.05) is 19.6 Å². The van der Waals surface area contributed by atoms with E-state index in [9.17, 15) is 0 Å². The van der Waals surface area contributed by atoms with E-state index in [-0.39, 0.29) is 0 Å². The molecule has 27 heavy (non-hydrogen) atoms. The molecule has 0 radical (unpaired) electrons. The molecule has 0 amide bonds. The number of imidazole rings is 1. The molecule has 2 unspecified atom stereocenters. The van der Waals surface area contributed by atoms with Crippen LogP contribution >= 0.6 is 0 Å². The normalized spacial score (nSPS) is 20.9. The summed E-state index contributed by atoms with van der Waals surface area (Å²) in [6.45, 7) is 6.06. The van der Waals surface area contributed by atoms with Crippen molar-refractivity contribution in [2.75, 3.05) is 34.2 Å². The van der Waals surface area contributed by atoms with Crippen LogP contribution in [0.1, 0.15) is 30.5 Å². The maximum Gasteiger partial charge on any atom is 0.193 e. The molecule has 146 valence electrons. The Hall–Kier alpha value is -2.34. The number of nitrogens with zero attached hydrogens (tertiary/aromatic N) is 5. The predicted octanol–water partition coefficient (Wildman–Crippen LogP) is 2.60. The number of nitrogens with one attached hydrogen (secondary N) is 1. The molecule has 1 aliphatic rings. The summed E-state index contributed by atoms with van der Waals surface area (Å²) in [6, 6.07) is 9.19. The van der Waals surface area contributed by atoms with Gasteiger partial charge in [0.15, 0.2) is 5.96 Å². The number of piperidine rings is 1. The summed E-state index contributed by atoms with van der Waals surface area (Å²) in [6.07, 6.45) is 7.01. The van der Waals surface area contributed by atoms with Gasteiger partial charge in [-0.15, -0.1) is 0 Å². The third-order valence-electron chi connectivity index (χ3n) is 5.28. The van der Waals surface area contributed by atoms with Crippen molar-refractivity contribution in [2.24, 2.45) is 10.9 Å². The average Bonchev–Trinajstić information content (AvgIpc) is 3.17. The van der Waals surface area contributed by atoms with Crippen LogP contribution in [0.5, 0.6) is 0 Å². The van der Waals surface area contributed by atoms with Crippen LogP contribution in [0.15, 0.2) is 48.0 Å². The highest BCUT2D eigenvalue weighted by Crippen LogP contribution is 2.27. The molecule has 3 rings (SSSR count). The lowest BCUT2D eigenvalue weighted by Gasteiger charge is -2.39. The standard InChI is InChI=1S/C21H32N6/c1-17-8-10-26(15-20(17)27-11-9-23-16-27)21(22-2)24-13-18-6-5-7-19(12-18)14-25(3)4/h5-7,9,11-12,16-17,20H,8,10,13-15H2,1-4H3,(H,22,24). The fourth-order valence-electron chi connectivity index (χ4n) is 3.81. The Kier molecular flexibility index (Phi) is 6.50. The lowest BCUT2D eigenvalue weighted by Crippen LogP contribution is -2.48. The van der Waals surface area contributed by atoms with Crippen LogP contribution in [0.2, 0.25) is 0 Å². The second-order valence-electron chi connectivity index (χ2n) is 7.75. The second kappa shape index (κ2) is 9.04. The van der Waals surface area contributed by atoms with Crippen LogP contribution < -0.4 is 5.32 Å². The number of likely N-dealkylation sites (tertiary alicyclic amines) is 1. The summed E-state index contributed by atoms with van der Waals surface area (Å²) in [5.41, 5.74) is 2.62. The van der Waals surface area contributed by atoms with Crippen molar-refractivity contribution in [2.45, 2.75) is 32.5 Å². The Morgan fingerprint density at radius 3 is 2.85 bits per heavy atom. The van der Waals surface area contributed by atoms with Gasteiger partial charge >= 0.3 is 0 Å². The minimum Gasteiger partial charge on any atom is -0.352 e. The van der Waals surface area contributed by atoms with E-state index in [2.05, 4.69) is 81.1 Å². The molecule has 2 heterocycles. The van der Waals surface area contributed by atoms with Crippen molar-refractivity contribution in [1.29, 1.82) is 0 Å². The molecule has 2 atom stereocenters. The molecule has 0 spiro atoms. The average molecular weight is 369 g/mol. The van der Waals surface area contributed by atoms with Crippen molar-refractivity contribution in [3.63, 3.8) is 0 Å². The van der Waals surface area contributed by atoms with Gasteiger partial charge in [-0.3, -0.25) is 4.99 Å². The second-order valence-corrected chi connectivity index (χ2v) is 7.75. The van der Waals surface area contributed by atoms with Gasteiger partial charge in [-0.2, -0.15) is 0 Å². The molecule has 6 heteroatoms. The summed E-state index contributed by atoms with van der Waals surface area (Å²) >= 11 is 0. The zero-order valence-corrected chi connectivity index (χ0v) is 17.0. The minimum atomic E-state index is 0.434. The van der Waals surface area contributed by atoms with E-state index < -0.39 is 0 Å². The molecule has 1 aliphatic heterocycles. The maximum atomic E-state index is 4.54. The maximum absolute atomic E-state index is 4.54. The van der Waals surface area contributed by atoms with Gasteiger partial charge < -0.3 is 19.7 Å². The Labute approximate surface area is 162 Å². The summed E-state index contributed by atoms with van der Waals surface area (Å²) in [4.78, 5) is 13.3. The first-order valence-electron chi connectivity index (χ1n) is 9.72. The largest absolute Gasteiger partial charge is 0.352 e. The molecule has 2 aromatic rings. The van der Waals surface area contributed by atoms with Crippen molar-refractivity contribution in [1.82, 2.24) is 24.7 Å². The first-order chi connectivity index (χ1) is 13.1. The number of rotatable bonds is 5. The highest BCUT2D eigenvalue weighted by atomic mass is 15.3. The van der Waals surface area contributed by atoms with Crippen LogP contribution in [0.3, 0.4) is 0 Å². The van der Waals surface area contributed by atoms with E-state index in [0.717, 1.165) is 38.6 Å². The Balaban J connectivity index is 1.62. The molecule has 0 saturated carbocycles. The fraction of sp³-hybridized carbons (Fsp3) is 0.524. The number of hydrogen-bond donors (Lipinski definition) is 1. The van der Waals surface area contributed by atoms with Gasteiger partial charge in [0.2, 0.25) is 0 Å². The van der Waals surface area contributed by atoms with E-state index >= 15 is 0 Å². The topological polar surface area (TPSA) is 48.7 Å². The van der Waals surface area contributed by atoms with Gasteiger partial charge in [-0.05, 0) is 37.6 Å². The number of aromatic nitrogens is 2. The Morgan fingerprint density at radius 2 is 2.15 bits per heavy atom. The highest BCUT2D eigenvalue weighted by Gasteiger charge is 2.28. The molecule has 1 aromatic heterocycles. The smallest absolute Gasteiger partial charge is 0.193 e. The number of aliphatic imine (C=N–C) groups is 1. The van der Waals surface area contributed by atoms with Crippen LogP contribution in [-0.2, 0) is 13.1 Å². The first-order valence-corrected chi connectivity index (χ1v) is 9.72. The molecule has 1 fully saturated rings. The van der Waals surface area contributed by atoms with Gasteiger partial charge in [-0.25, -0.2) is 4.98 Å². The van der Waals surface area contributed by atoms with E-state index in [4.69, 9.17) is 0 Å². The number of benzene rings is 1. The summed E-state index contributed by atoms with van der Waals surface area (Å²) in [5.74, 6) is 1.61. The molecule has 6 nitrogen and oxygen atoms in total. The molecule has 0 bridgehead atoms. The third kappa shape index (κ3) is 5.10. The zero-order chi connectivity index (χ0) is 19.2. The van der Waals surface area contributed by atoms with Crippen molar-refractivity contribution in [3.05, 3.63) is 54.1 Å². The lowest BCUT2D eigenvalue weighted by molar-refractivity contribution is 0.189. The van der Waals surface area contributed by atoms with Gasteiger partial charge in [-0.1, -0.05) is 31.2 Å². The molecule has 1 saturated heterocycles. The molecule has 1 N–H and O–H groups in total. The molecular formula is C21H32N6. The predicted molar refractivity (Wildman–Crippen MR) is 111 cm³/mol. The lowest BCUT2D eigenvalue weighted by atomic mass is 9.93. The van der Waals surface area contributed by atoms with Crippen molar-refractivity contribution < 1.29 is 0 Å². The molecular weight excluding hydrogens is 336 g/mol. The van der Waals surface area contributed by atoms with Gasteiger partial charge in [0.1, 0.15) is 0 Å². The summed E-state index contributed by atoms with van der Waals surface area (Å²) in [7, 11) is 6.07. The number of hydrogen-bond acceptors (Lipinski definition) is 3. The quantitative estimate of drug-likeness (QED) is 0.651. The third-order valence-corrected chi connectivity index (χ3v) is 5.28. The first kappa shape index (κ1) is 19.4. The zero-order valence-electron chi connectivity index (χ0n) is 17.0. The van der Waals surface area contributed by atoms with Crippen LogP contribution in [0.25, 0.3) is 0 Å². The minimum absolute atomic E-state index is 0.434. The van der Waals surface area contributed by atoms with Crippen molar-refractivity contribution >= 4 is 5.96 Å². The van der Waals surface area contributed by atoms with E-state index in [1.165, 1.54) is 11.1 Å². The monoisotopic (exact) mass is 368 g/mol.